The molecule has 0 saturated carbocycles. The highest BCUT2D eigenvalue weighted by atomic mass is 16.1. The number of aldehydes is 1. The predicted octanol–water partition coefficient (Wildman–Crippen LogP) is 0.819. The lowest BCUT2D eigenvalue weighted by Gasteiger charge is -1.93. The molecule has 0 saturated heterocycles. The van der Waals surface area contributed by atoms with Crippen molar-refractivity contribution >= 4 is 12.0 Å². The summed E-state index contributed by atoms with van der Waals surface area (Å²) in [5.74, 6) is 4.91. The van der Waals surface area contributed by atoms with Gasteiger partial charge in [0.05, 0.1) is 0 Å². The largest absolute Gasteiger partial charge is 0.398 e. The van der Waals surface area contributed by atoms with Crippen LogP contribution in [0, 0.1) is 11.8 Å². The number of carbonyl (C=O) groups excluding carboxylic acids is 1. The van der Waals surface area contributed by atoms with Crippen LogP contribution in [0.1, 0.15) is 5.56 Å². The molecule has 0 aliphatic heterocycles. The van der Waals surface area contributed by atoms with E-state index in [9.17, 15) is 4.79 Å². The monoisotopic (exact) mass is 145 g/mol. The van der Waals surface area contributed by atoms with Gasteiger partial charge in [-0.1, -0.05) is 18.1 Å². The maximum absolute atomic E-state index is 9.88. The molecule has 1 aromatic rings. The fraction of sp³-hybridized carbons (Fsp3) is 0. The van der Waals surface area contributed by atoms with Crippen LogP contribution in [-0.2, 0) is 4.79 Å². The molecular formula is C9H7NO. The molecule has 0 radical (unpaired) electrons. The van der Waals surface area contributed by atoms with Crippen molar-refractivity contribution in [2.45, 2.75) is 0 Å². The van der Waals surface area contributed by atoms with Crippen molar-refractivity contribution in [3.63, 3.8) is 0 Å². The van der Waals surface area contributed by atoms with Crippen LogP contribution in [0.5, 0.6) is 0 Å². The molecule has 0 heterocycles. The third-order valence-electron chi connectivity index (χ3n) is 1.23. The average Bonchev–Trinajstić information content (AvgIpc) is 2.03. The van der Waals surface area contributed by atoms with Gasteiger partial charge in [0.25, 0.3) is 0 Å². The predicted molar refractivity (Wildman–Crippen MR) is 43.8 cm³/mol. The molecule has 54 valence electrons. The lowest BCUT2D eigenvalue weighted by Crippen LogP contribution is -1.88. The summed E-state index contributed by atoms with van der Waals surface area (Å²) < 4.78 is 0. The standard InChI is InChI=1S/C9H7NO/c10-9-6-2-1-4-8(9)5-3-7-11/h1-2,4,6-7H,10H2. The number of nitrogens with two attached hydrogens (primary N) is 1. The fourth-order valence-electron chi connectivity index (χ4n) is 0.718. The van der Waals surface area contributed by atoms with Gasteiger partial charge in [-0.05, 0) is 18.1 Å². The van der Waals surface area contributed by atoms with Gasteiger partial charge in [-0.2, -0.15) is 0 Å². The van der Waals surface area contributed by atoms with E-state index in [4.69, 9.17) is 5.73 Å². The Morgan fingerprint density at radius 2 is 2.09 bits per heavy atom. The van der Waals surface area contributed by atoms with Gasteiger partial charge >= 0.3 is 0 Å². The van der Waals surface area contributed by atoms with E-state index in [1.165, 1.54) is 0 Å². The van der Waals surface area contributed by atoms with E-state index in [1.807, 2.05) is 12.1 Å². The number of hydrogen-bond donors (Lipinski definition) is 1. The molecule has 0 aromatic heterocycles. The summed E-state index contributed by atoms with van der Waals surface area (Å²) in [7, 11) is 0. The third kappa shape index (κ3) is 1.84. The first kappa shape index (κ1) is 7.36. The summed E-state index contributed by atoms with van der Waals surface area (Å²) in [5, 5.41) is 0. The van der Waals surface area contributed by atoms with Crippen molar-refractivity contribution in [3.8, 4) is 11.8 Å². The molecule has 0 unspecified atom stereocenters. The van der Waals surface area contributed by atoms with E-state index < -0.39 is 0 Å². The molecule has 0 bridgehead atoms. The minimum Gasteiger partial charge on any atom is -0.398 e. The number of carbonyl (C=O) groups is 1. The minimum atomic E-state index is 0.548. The van der Waals surface area contributed by atoms with Crippen LogP contribution in [0.3, 0.4) is 0 Å². The highest BCUT2D eigenvalue weighted by molar-refractivity contribution is 5.75. The Morgan fingerprint density at radius 1 is 1.36 bits per heavy atom. The number of hydrogen-bond acceptors (Lipinski definition) is 2. The third-order valence-corrected chi connectivity index (χ3v) is 1.23. The lowest BCUT2D eigenvalue weighted by molar-refractivity contribution is -0.103. The fourth-order valence-corrected chi connectivity index (χ4v) is 0.718. The molecule has 0 aliphatic rings. The molecule has 1 rings (SSSR count). The first-order chi connectivity index (χ1) is 5.34. The Bertz CT molecular complexity index is 320. The van der Waals surface area contributed by atoms with E-state index in [0.29, 0.717) is 17.5 Å². The number of nitrogen functional groups attached to an aromatic ring is 1. The maximum atomic E-state index is 9.88. The minimum absolute atomic E-state index is 0.548. The Hall–Kier alpha value is -1.75. The zero-order valence-corrected chi connectivity index (χ0v) is 5.87. The summed E-state index contributed by atoms with van der Waals surface area (Å²) in [6, 6.07) is 7.16. The van der Waals surface area contributed by atoms with Gasteiger partial charge in [-0.25, -0.2) is 0 Å². The first-order valence-corrected chi connectivity index (χ1v) is 3.14. The number of benzene rings is 1. The van der Waals surface area contributed by atoms with Gasteiger partial charge in [0.1, 0.15) is 0 Å². The van der Waals surface area contributed by atoms with Crippen LogP contribution in [0.2, 0.25) is 0 Å². The second-order valence-corrected chi connectivity index (χ2v) is 1.97. The van der Waals surface area contributed by atoms with Gasteiger partial charge in [-0.3, -0.25) is 4.79 Å². The van der Waals surface area contributed by atoms with Crippen molar-refractivity contribution in [1.29, 1.82) is 0 Å². The highest BCUT2D eigenvalue weighted by Gasteiger charge is 1.89. The van der Waals surface area contributed by atoms with Crippen LogP contribution >= 0.6 is 0 Å². The number of para-hydroxylation sites is 1. The SMILES string of the molecule is Nc1ccccc1C#CC=O. The van der Waals surface area contributed by atoms with E-state index in [1.54, 1.807) is 12.1 Å². The molecule has 0 spiro atoms. The topological polar surface area (TPSA) is 43.1 Å². The molecule has 1 aromatic carbocycles. The molecule has 0 atom stereocenters. The van der Waals surface area contributed by atoms with E-state index >= 15 is 0 Å². The molecule has 2 nitrogen and oxygen atoms in total. The quantitative estimate of drug-likeness (QED) is 0.333. The van der Waals surface area contributed by atoms with Crippen LogP contribution in [0.25, 0.3) is 0 Å². The summed E-state index contributed by atoms with van der Waals surface area (Å²) in [6.45, 7) is 0. The van der Waals surface area contributed by atoms with Gasteiger partial charge in [0, 0.05) is 11.3 Å². The van der Waals surface area contributed by atoms with Gasteiger partial charge in [-0.15, -0.1) is 0 Å². The average molecular weight is 145 g/mol. The molecular weight excluding hydrogens is 138 g/mol. The molecule has 0 aliphatic carbocycles. The Morgan fingerprint density at radius 3 is 2.73 bits per heavy atom. The second-order valence-electron chi connectivity index (χ2n) is 1.97. The van der Waals surface area contributed by atoms with E-state index in [-0.39, 0.29) is 0 Å². The molecule has 0 fully saturated rings. The van der Waals surface area contributed by atoms with E-state index in [0.717, 1.165) is 0 Å². The molecule has 2 heteroatoms. The maximum Gasteiger partial charge on any atom is 0.193 e. The van der Waals surface area contributed by atoms with Crippen molar-refractivity contribution in [3.05, 3.63) is 29.8 Å². The molecule has 0 amide bonds. The normalized spacial score (nSPS) is 8.00. The smallest absolute Gasteiger partial charge is 0.193 e. The van der Waals surface area contributed by atoms with Crippen LogP contribution in [-0.4, -0.2) is 6.29 Å². The van der Waals surface area contributed by atoms with Crippen LogP contribution in [0.4, 0.5) is 5.69 Å². The Balaban J connectivity index is 3.03. The highest BCUT2D eigenvalue weighted by Crippen LogP contribution is 2.07. The zero-order valence-electron chi connectivity index (χ0n) is 5.87. The number of rotatable bonds is 0. The van der Waals surface area contributed by atoms with Crippen molar-refractivity contribution < 1.29 is 4.79 Å². The summed E-state index contributed by atoms with van der Waals surface area (Å²) >= 11 is 0. The second kappa shape index (κ2) is 3.43. The Kier molecular flexibility index (Phi) is 2.29. The molecule has 2 N–H and O–H groups in total. The van der Waals surface area contributed by atoms with Crippen molar-refractivity contribution in [2.24, 2.45) is 0 Å². The lowest BCUT2D eigenvalue weighted by atomic mass is 10.2. The van der Waals surface area contributed by atoms with Crippen LogP contribution < -0.4 is 5.73 Å². The van der Waals surface area contributed by atoms with Crippen molar-refractivity contribution in [2.75, 3.05) is 5.73 Å². The summed E-state index contributed by atoms with van der Waals surface area (Å²) in [4.78, 5) is 9.88. The zero-order chi connectivity index (χ0) is 8.10. The number of anilines is 1. The first-order valence-electron chi connectivity index (χ1n) is 3.14. The summed E-state index contributed by atoms with van der Waals surface area (Å²) in [5.41, 5.74) is 6.84. The van der Waals surface area contributed by atoms with Gasteiger partial charge < -0.3 is 5.73 Å². The van der Waals surface area contributed by atoms with Gasteiger partial charge in [0.2, 0.25) is 0 Å². The van der Waals surface area contributed by atoms with E-state index in [2.05, 4.69) is 11.8 Å². The van der Waals surface area contributed by atoms with Gasteiger partial charge in [0.15, 0.2) is 6.29 Å². The molecule has 11 heavy (non-hydrogen) atoms. The van der Waals surface area contributed by atoms with Crippen molar-refractivity contribution in [1.82, 2.24) is 0 Å². The van der Waals surface area contributed by atoms with Crippen LogP contribution in [0.15, 0.2) is 24.3 Å². The summed E-state index contributed by atoms with van der Waals surface area (Å²) in [6.07, 6.45) is 0.548. The Labute approximate surface area is 65.0 Å².